The largest absolute Gasteiger partial charge is 0.388 e. The van der Waals surface area contributed by atoms with Crippen LogP contribution in [0.2, 0.25) is 0 Å². The van der Waals surface area contributed by atoms with Crippen molar-refractivity contribution < 1.29 is 19.2 Å². The molecule has 0 aliphatic carbocycles. The first kappa shape index (κ1) is 28.9. The van der Waals surface area contributed by atoms with E-state index in [2.05, 4.69) is 43.8 Å². The molecule has 0 aromatic rings. The summed E-state index contributed by atoms with van der Waals surface area (Å²) in [6.45, 7) is 10.1. The topological polar surface area (TPSA) is 142 Å². The summed E-state index contributed by atoms with van der Waals surface area (Å²) in [6, 6.07) is -1.33. The second kappa shape index (κ2) is 15.7. The highest BCUT2D eigenvalue weighted by Crippen LogP contribution is 2.19. The number of alkyl halides is 1. The maximum absolute atomic E-state index is 12.6. The van der Waals surface area contributed by atoms with Gasteiger partial charge < -0.3 is 27.0 Å². The fourth-order valence-corrected chi connectivity index (χ4v) is 2.92. The van der Waals surface area contributed by atoms with Crippen LogP contribution in [0.1, 0.15) is 59.3 Å². The van der Waals surface area contributed by atoms with E-state index in [9.17, 15) is 19.2 Å². The minimum absolute atomic E-state index is 0.109. The van der Waals surface area contributed by atoms with Gasteiger partial charge >= 0.3 is 6.03 Å². The van der Waals surface area contributed by atoms with Crippen molar-refractivity contribution >= 4 is 39.6 Å². The Morgan fingerprint density at radius 1 is 0.935 bits per heavy atom. The summed E-state index contributed by atoms with van der Waals surface area (Å²) in [5.74, 6) is -0.726. The highest BCUT2D eigenvalue weighted by atomic mass is 79.9. The van der Waals surface area contributed by atoms with E-state index in [1.165, 1.54) is 0 Å². The van der Waals surface area contributed by atoms with Gasteiger partial charge in [0.2, 0.25) is 11.8 Å². The maximum atomic E-state index is 12.6. The Labute approximate surface area is 193 Å². The number of primary amides is 1. The zero-order valence-corrected chi connectivity index (χ0v) is 20.5. The fraction of sp³-hybridized carbons (Fsp3) is 0.714. The number of amides is 4. The minimum Gasteiger partial charge on any atom is -0.388 e. The van der Waals surface area contributed by atoms with E-state index in [0.717, 1.165) is 31.5 Å². The van der Waals surface area contributed by atoms with Gasteiger partial charge in [-0.3, -0.25) is 14.4 Å². The van der Waals surface area contributed by atoms with E-state index in [1.54, 1.807) is 20.8 Å². The zero-order chi connectivity index (χ0) is 23.9. The smallest absolute Gasteiger partial charge is 0.312 e. The summed E-state index contributed by atoms with van der Waals surface area (Å²) in [4.78, 5) is 47.6. The normalized spacial score (nSPS) is 11.9. The Hall–Kier alpha value is -2.10. The number of ketones is 1. The monoisotopic (exact) mass is 503 g/mol. The van der Waals surface area contributed by atoms with Crippen molar-refractivity contribution in [3.63, 3.8) is 0 Å². The maximum Gasteiger partial charge on any atom is 0.312 e. The molecule has 0 unspecified atom stereocenters. The van der Waals surface area contributed by atoms with Gasteiger partial charge in [-0.15, -0.1) is 0 Å². The van der Waals surface area contributed by atoms with Gasteiger partial charge in [0.15, 0.2) is 5.78 Å². The van der Waals surface area contributed by atoms with Gasteiger partial charge in [0.05, 0.1) is 12.6 Å². The zero-order valence-electron chi connectivity index (χ0n) is 18.9. The molecule has 0 saturated heterocycles. The number of carbonyl (C=O) groups is 4. The lowest BCUT2D eigenvalue weighted by Crippen LogP contribution is -2.49. The van der Waals surface area contributed by atoms with Gasteiger partial charge in [-0.2, -0.15) is 0 Å². The molecule has 9 nitrogen and oxygen atoms in total. The molecule has 0 aliphatic heterocycles. The highest BCUT2D eigenvalue weighted by Gasteiger charge is 2.30. The number of nitrogens with one attached hydrogen (secondary N) is 4. The van der Waals surface area contributed by atoms with Crippen LogP contribution in [0.25, 0.3) is 0 Å². The summed E-state index contributed by atoms with van der Waals surface area (Å²) in [5.41, 5.74) is 5.32. The van der Waals surface area contributed by atoms with E-state index >= 15 is 0 Å². The molecule has 10 heteroatoms. The number of nitrogens with two attached hydrogens (primary N) is 1. The highest BCUT2D eigenvalue weighted by molar-refractivity contribution is 9.09. The van der Waals surface area contributed by atoms with Crippen molar-refractivity contribution in [1.29, 1.82) is 0 Å². The van der Waals surface area contributed by atoms with Crippen molar-refractivity contribution in [2.45, 2.75) is 65.3 Å². The van der Waals surface area contributed by atoms with Crippen molar-refractivity contribution in [2.24, 2.45) is 11.1 Å². The summed E-state index contributed by atoms with van der Waals surface area (Å²) < 4.78 is 0. The van der Waals surface area contributed by atoms with Crippen LogP contribution in [0.15, 0.2) is 12.3 Å². The third kappa shape index (κ3) is 15.4. The lowest BCUT2D eigenvalue weighted by Gasteiger charge is -2.25. The SMILES string of the molecule is C=C(CBr)NCCCCCC(=O)NCC(=O)N[C@@H](CCCNC(N)=O)C(=O)C(C)(C)C. The Morgan fingerprint density at radius 3 is 2.16 bits per heavy atom. The molecule has 0 saturated carbocycles. The number of urea groups is 1. The predicted molar refractivity (Wildman–Crippen MR) is 126 cm³/mol. The number of allylic oxidation sites excluding steroid dienone is 1. The summed E-state index contributed by atoms with van der Waals surface area (Å²) in [5, 5.41) is 11.6. The van der Waals surface area contributed by atoms with Crippen LogP contribution in [0.4, 0.5) is 4.79 Å². The van der Waals surface area contributed by atoms with Gasteiger partial charge in [0.25, 0.3) is 0 Å². The predicted octanol–water partition coefficient (Wildman–Crippen LogP) is 1.71. The molecule has 0 rings (SSSR count). The molecule has 178 valence electrons. The first-order chi connectivity index (χ1) is 14.5. The van der Waals surface area contributed by atoms with Crippen LogP contribution >= 0.6 is 15.9 Å². The van der Waals surface area contributed by atoms with Crippen LogP contribution in [0, 0.1) is 5.41 Å². The second-order valence-electron chi connectivity index (χ2n) is 8.42. The molecule has 0 spiro atoms. The molecule has 0 aliphatic rings. The molecule has 4 amide bonds. The Balaban J connectivity index is 4.29. The van der Waals surface area contributed by atoms with Gasteiger partial charge in [-0.05, 0) is 25.7 Å². The van der Waals surface area contributed by atoms with Crippen LogP contribution in [0.5, 0.6) is 0 Å². The molecule has 0 aromatic carbocycles. The van der Waals surface area contributed by atoms with Crippen molar-refractivity contribution in [3.05, 3.63) is 12.3 Å². The van der Waals surface area contributed by atoms with Crippen molar-refractivity contribution in [3.8, 4) is 0 Å². The molecule has 1 atom stereocenters. The molecule has 0 heterocycles. The van der Waals surface area contributed by atoms with E-state index in [0.29, 0.717) is 31.1 Å². The number of hydrogen-bond donors (Lipinski definition) is 5. The average Bonchev–Trinajstić information content (AvgIpc) is 2.69. The number of halogens is 1. The van der Waals surface area contributed by atoms with Crippen LogP contribution in [-0.2, 0) is 14.4 Å². The van der Waals surface area contributed by atoms with Crippen molar-refractivity contribution in [2.75, 3.05) is 25.0 Å². The molecule has 31 heavy (non-hydrogen) atoms. The van der Waals surface area contributed by atoms with Crippen LogP contribution in [0.3, 0.4) is 0 Å². The van der Waals surface area contributed by atoms with Gasteiger partial charge in [0, 0.05) is 36.0 Å². The average molecular weight is 504 g/mol. The minimum atomic E-state index is -0.694. The third-order valence-electron chi connectivity index (χ3n) is 4.42. The molecule has 0 aromatic heterocycles. The number of rotatable bonds is 16. The fourth-order valence-electron chi connectivity index (χ4n) is 2.72. The lowest BCUT2D eigenvalue weighted by molar-refractivity contribution is -0.132. The van der Waals surface area contributed by atoms with Gasteiger partial charge in [-0.1, -0.05) is 49.7 Å². The summed E-state index contributed by atoms with van der Waals surface area (Å²) >= 11 is 3.31. The molecule has 0 fully saturated rings. The number of Topliss-reactive ketones (excluding diaryl/α,β-unsaturated/α-hetero) is 1. The van der Waals surface area contributed by atoms with E-state index in [4.69, 9.17) is 5.73 Å². The second-order valence-corrected chi connectivity index (χ2v) is 8.98. The first-order valence-corrected chi connectivity index (χ1v) is 11.7. The van der Waals surface area contributed by atoms with Gasteiger partial charge in [-0.25, -0.2) is 4.79 Å². The van der Waals surface area contributed by atoms with Gasteiger partial charge in [0.1, 0.15) is 0 Å². The summed E-state index contributed by atoms with van der Waals surface area (Å²) in [7, 11) is 0. The molecule has 0 bridgehead atoms. The third-order valence-corrected chi connectivity index (χ3v) is 5.10. The standard InChI is InChI=1S/C21H38BrN5O4/c1-15(13-22)24-11-7-5-6-10-17(28)26-14-18(29)27-16(19(30)21(2,3)4)9-8-12-25-20(23)31/h16,24H,1,5-14H2,2-4H3,(H,26,28)(H,27,29)(H3,23,25,31)/t16-/m0/s1. The first-order valence-electron chi connectivity index (χ1n) is 10.6. The Kier molecular flexibility index (Phi) is 14.6. The molecule has 0 radical (unpaired) electrons. The van der Waals surface area contributed by atoms with Crippen LogP contribution < -0.4 is 27.0 Å². The van der Waals surface area contributed by atoms with Crippen LogP contribution in [-0.4, -0.2) is 54.6 Å². The molecule has 6 N–H and O–H groups in total. The number of unbranched alkanes of at least 4 members (excludes halogenated alkanes) is 2. The Morgan fingerprint density at radius 2 is 1.58 bits per heavy atom. The number of hydrogen-bond acceptors (Lipinski definition) is 5. The lowest BCUT2D eigenvalue weighted by atomic mass is 9.85. The summed E-state index contributed by atoms with van der Waals surface area (Å²) in [6.07, 6.45) is 3.75. The molecular formula is C21H38BrN5O4. The van der Waals surface area contributed by atoms with E-state index < -0.39 is 23.4 Å². The Bertz CT molecular complexity index is 619. The van der Waals surface area contributed by atoms with Crippen molar-refractivity contribution in [1.82, 2.24) is 21.3 Å². The quantitative estimate of drug-likeness (QED) is 0.161. The van der Waals surface area contributed by atoms with E-state index in [1.807, 2.05) is 0 Å². The molecular weight excluding hydrogens is 466 g/mol. The number of carbonyl (C=O) groups excluding carboxylic acids is 4. The van der Waals surface area contributed by atoms with E-state index in [-0.39, 0.29) is 18.2 Å².